The maximum absolute atomic E-state index is 5.81. The first-order chi connectivity index (χ1) is 9.19. The van der Waals surface area contributed by atoms with E-state index in [2.05, 4.69) is 49.1 Å². The largest absolute Gasteiger partial charge is 0.454 e. The molecule has 1 aromatic heterocycles. The normalized spacial score (nSPS) is 10.3. The van der Waals surface area contributed by atoms with E-state index in [0.717, 1.165) is 33.3 Å². The number of pyridine rings is 1. The van der Waals surface area contributed by atoms with Crippen molar-refractivity contribution in [3.05, 3.63) is 45.6 Å². The van der Waals surface area contributed by atoms with E-state index < -0.39 is 0 Å². The van der Waals surface area contributed by atoms with Crippen molar-refractivity contribution in [1.82, 2.24) is 4.98 Å². The van der Waals surface area contributed by atoms with Crippen molar-refractivity contribution in [3.63, 3.8) is 0 Å². The summed E-state index contributed by atoms with van der Waals surface area (Å²) in [5, 5.41) is 3.28. The summed E-state index contributed by atoms with van der Waals surface area (Å²) in [4.78, 5) is 4.17. The van der Waals surface area contributed by atoms with E-state index in [1.54, 1.807) is 12.4 Å². The molecule has 1 heterocycles. The summed E-state index contributed by atoms with van der Waals surface area (Å²) in [5.74, 6) is 1.47. The van der Waals surface area contributed by atoms with Gasteiger partial charge in [0.2, 0.25) is 0 Å². The van der Waals surface area contributed by atoms with Gasteiger partial charge in [-0.05, 0) is 40.5 Å². The second kappa shape index (κ2) is 6.91. The molecule has 0 saturated heterocycles. The van der Waals surface area contributed by atoms with Gasteiger partial charge >= 0.3 is 0 Å². The van der Waals surface area contributed by atoms with Crippen LogP contribution >= 0.6 is 31.9 Å². The van der Waals surface area contributed by atoms with Gasteiger partial charge in [0.1, 0.15) is 11.5 Å². The molecular formula is C14H14Br2N2O. The third-order valence-corrected chi connectivity index (χ3v) is 3.53. The highest BCUT2D eigenvalue weighted by Crippen LogP contribution is 2.32. The summed E-state index contributed by atoms with van der Waals surface area (Å²) < 4.78 is 7.71. The van der Waals surface area contributed by atoms with Crippen LogP contribution in [-0.4, -0.2) is 11.5 Å². The number of hydrogen-bond acceptors (Lipinski definition) is 3. The molecule has 1 N–H and O–H groups in total. The highest BCUT2D eigenvalue weighted by Gasteiger charge is 2.04. The average molecular weight is 386 g/mol. The molecule has 0 unspecified atom stereocenters. The van der Waals surface area contributed by atoms with Crippen LogP contribution in [0, 0.1) is 0 Å². The molecule has 2 aromatic rings. The molecule has 0 aliphatic rings. The zero-order valence-electron chi connectivity index (χ0n) is 10.5. The van der Waals surface area contributed by atoms with Gasteiger partial charge in [-0.15, -0.1) is 0 Å². The fourth-order valence-electron chi connectivity index (χ4n) is 1.53. The lowest BCUT2D eigenvalue weighted by atomic mass is 10.3. The van der Waals surface area contributed by atoms with Crippen molar-refractivity contribution in [2.75, 3.05) is 11.9 Å². The topological polar surface area (TPSA) is 34.2 Å². The SMILES string of the molecule is CCCNc1cncc(Oc2ccc(Br)cc2Br)c1. The van der Waals surface area contributed by atoms with E-state index in [1.807, 2.05) is 24.3 Å². The Morgan fingerprint density at radius 3 is 2.79 bits per heavy atom. The lowest BCUT2D eigenvalue weighted by Gasteiger charge is -2.10. The molecule has 5 heteroatoms. The van der Waals surface area contributed by atoms with Crippen molar-refractivity contribution in [2.24, 2.45) is 0 Å². The molecule has 100 valence electrons. The van der Waals surface area contributed by atoms with E-state index in [0.29, 0.717) is 5.75 Å². The summed E-state index contributed by atoms with van der Waals surface area (Å²) in [5.41, 5.74) is 0.965. The lowest BCUT2D eigenvalue weighted by Crippen LogP contribution is -2.00. The van der Waals surface area contributed by atoms with Crippen molar-refractivity contribution in [3.8, 4) is 11.5 Å². The smallest absolute Gasteiger partial charge is 0.147 e. The molecule has 0 radical (unpaired) electrons. The molecule has 19 heavy (non-hydrogen) atoms. The number of rotatable bonds is 5. The van der Waals surface area contributed by atoms with Crippen LogP contribution < -0.4 is 10.1 Å². The van der Waals surface area contributed by atoms with Gasteiger partial charge in [-0.3, -0.25) is 4.98 Å². The molecule has 0 bridgehead atoms. The summed E-state index contributed by atoms with van der Waals surface area (Å²) in [6.07, 6.45) is 4.56. The molecule has 0 atom stereocenters. The minimum absolute atomic E-state index is 0.712. The average Bonchev–Trinajstić information content (AvgIpc) is 2.40. The Morgan fingerprint density at radius 2 is 2.05 bits per heavy atom. The molecular weight excluding hydrogens is 372 g/mol. The van der Waals surface area contributed by atoms with Crippen LogP contribution in [0.2, 0.25) is 0 Å². The molecule has 0 amide bonds. The van der Waals surface area contributed by atoms with Gasteiger partial charge in [-0.25, -0.2) is 0 Å². The monoisotopic (exact) mass is 384 g/mol. The molecule has 0 aliphatic heterocycles. The third-order valence-electron chi connectivity index (χ3n) is 2.41. The lowest BCUT2D eigenvalue weighted by molar-refractivity contribution is 0.477. The maximum atomic E-state index is 5.81. The molecule has 0 aliphatic carbocycles. The van der Waals surface area contributed by atoms with Crippen LogP contribution in [0.4, 0.5) is 5.69 Å². The summed E-state index contributed by atoms with van der Waals surface area (Å²) in [6, 6.07) is 7.73. The number of hydrogen-bond donors (Lipinski definition) is 1. The number of benzene rings is 1. The van der Waals surface area contributed by atoms with Crippen molar-refractivity contribution in [2.45, 2.75) is 13.3 Å². The molecule has 2 rings (SSSR count). The third kappa shape index (κ3) is 4.21. The van der Waals surface area contributed by atoms with Crippen LogP contribution in [0.25, 0.3) is 0 Å². The zero-order valence-corrected chi connectivity index (χ0v) is 13.7. The molecule has 1 aromatic carbocycles. The second-order valence-electron chi connectivity index (χ2n) is 4.01. The minimum Gasteiger partial charge on any atom is -0.454 e. The Balaban J connectivity index is 2.14. The Bertz CT molecular complexity index is 561. The molecule has 3 nitrogen and oxygen atoms in total. The number of nitrogens with one attached hydrogen (secondary N) is 1. The van der Waals surface area contributed by atoms with Gasteiger partial charge in [0.25, 0.3) is 0 Å². The quantitative estimate of drug-likeness (QED) is 0.765. The first kappa shape index (κ1) is 14.3. The van der Waals surface area contributed by atoms with Crippen LogP contribution in [0.3, 0.4) is 0 Å². The summed E-state index contributed by atoms with van der Waals surface area (Å²) >= 11 is 6.89. The first-order valence-corrected chi connectivity index (χ1v) is 7.59. The number of anilines is 1. The van der Waals surface area contributed by atoms with Gasteiger partial charge < -0.3 is 10.1 Å². The summed E-state index contributed by atoms with van der Waals surface area (Å²) in [7, 11) is 0. The van der Waals surface area contributed by atoms with Crippen molar-refractivity contribution < 1.29 is 4.74 Å². The minimum atomic E-state index is 0.712. The van der Waals surface area contributed by atoms with Crippen LogP contribution in [0.15, 0.2) is 45.6 Å². The Morgan fingerprint density at radius 1 is 1.21 bits per heavy atom. The Hall–Kier alpha value is -1.07. The Kier molecular flexibility index (Phi) is 5.22. The van der Waals surface area contributed by atoms with Gasteiger partial charge in [-0.1, -0.05) is 22.9 Å². The highest BCUT2D eigenvalue weighted by molar-refractivity contribution is 9.11. The fraction of sp³-hybridized carbons (Fsp3) is 0.214. The maximum Gasteiger partial charge on any atom is 0.147 e. The number of ether oxygens (including phenoxy) is 1. The predicted octanol–water partition coefficient (Wildman–Crippen LogP) is 5.22. The number of nitrogens with zero attached hydrogens (tertiary/aromatic N) is 1. The highest BCUT2D eigenvalue weighted by atomic mass is 79.9. The van der Waals surface area contributed by atoms with Gasteiger partial charge in [0, 0.05) is 17.1 Å². The van der Waals surface area contributed by atoms with Gasteiger partial charge in [0.05, 0.1) is 22.6 Å². The second-order valence-corrected chi connectivity index (χ2v) is 5.78. The van der Waals surface area contributed by atoms with E-state index in [-0.39, 0.29) is 0 Å². The van der Waals surface area contributed by atoms with Gasteiger partial charge in [0.15, 0.2) is 0 Å². The molecule has 0 spiro atoms. The van der Waals surface area contributed by atoms with E-state index >= 15 is 0 Å². The van der Waals surface area contributed by atoms with Crippen molar-refractivity contribution in [1.29, 1.82) is 0 Å². The summed E-state index contributed by atoms with van der Waals surface area (Å²) in [6.45, 7) is 3.05. The molecule has 0 saturated carbocycles. The van der Waals surface area contributed by atoms with Crippen LogP contribution in [0.5, 0.6) is 11.5 Å². The first-order valence-electron chi connectivity index (χ1n) is 6.01. The Labute approximate surface area is 129 Å². The van der Waals surface area contributed by atoms with Crippen molar-refractivity contribution >= 4 is 37.5 Å². The standard InChI is InChI=1S/C14H14Br2N2O/c1-2-5-18-11-7-12(9-17-8-11)19-14-4-3-10(15)6-13(14)16/h3-4,6-9,18H,2,5H2,1H3. The van der Waals surface area contributed by atoms with E-state index in [9.17, 15) is 0 Å². The predicted molar refractivity (Wildman–Crippen MR) is 84.9 cm³/mol. The fourth-order valence-corrected chi connectivity index (χ4v) is 2.65. The number of aromatic nitrogens is 1. The number of halogens is 2. The van der Waals surface area contributed by atoms with E-state index in [4.69, 9.17) is 4.74 Å². The van der Waals surface area contributed by atoms with Crippen LogP contribution in [-0.2, 0) is 0 Å². The van der Waals surface area contributed by atoms with E-state index in [1.165, 1.54) is 0 Å². The molecule has 0 fully saturated rings. The van der Waals surface area contributed by atoms with Gasteiger partial charge in [-0.2, -0.15) is 0 Å². The van der Waals surface area contributed by atoms with Crippen LogP contribution in [0.1, 0.15) is 13.3 Å². The zero-order chi connectivity index (χ0) is 13.7.